The second-order valence-corrected chi connectivity index (χ2v) is 6.45. The van der Waals surface area contributed by atoms with Crippen LogP contribution in [0.25, 0.3) is 21.9 Å². The van der Waals surface area contributed by atoms with Gasteiger partial charge in [0.2, 0.25) is 0 Å². The second kappa shape index (κ2) is 7.44. The zero-order chi connectivity index (χ0) is 18.6. The van der Waals surface area contributed by atoms with E-state index < -0.39 is 0 Å². The van der Waals surface area contributed by atoms with Crippen LogP contribution in [0.3, 0.4) is 0 Å². The second-order valence-electron chi connectivity index (χ2n) is 6.45. The van der Waals surface area contributed by atoms with Gasteiger partial charge in [0.05, 0.1) is 6.61 Å². The maximum atomic E-state index is 12.6. The Bertz CT molecular complexity index is 1100. The van der Waals surface area contributed by atoms with E-state index >= 15 is 0 Å². The molecule has 2 N–H and O–H groups in total. The molecule has 0 bridgehead atoms. The zero-order valence-electron chi connectivity index (χ0n) is 14.7. The van der Waals surface area contributed by atoms with Gasteiger partial charge in [0.25, 0.3) is 5.91 Å². The van der Waals surface area contributed by atoms with Crippen molar-refractivity contribution in [1.29, 1.82) is 0 Å². The lowest BCUT2D eigenvalue weighted by atomic mass is 10.0. The predicted octanol–water partition coefficient (Wildman–Crippen LogP) is 5.25. The number of carbonyl (C=O) groups excluding carboxylic acids is 1. The SMILES string of the molecule is O=C(Nc1ccc(-c2cccc(CO)c2)cc1)c1ccc2ccccc2c1. The third kappa shape index (κ3) is 3.73. The monoisotopic (exact) mass is 353 g/mol. The van der Waals surface area contributed by atoms with E-state index in [2.05, 4.69) is 5.32 Å². The summed E-state index contributed by atoms with van der Waals surface area (Å²) in [5, 5.41) is 14.4. The van der Waals surface area contributed by atoms with Gasteiger partial charge in [-0.3, -0.25) is 4.79 Å². The molecule has 3 nitrogen and oxygen atoms in total. The number of carbonyl (C=O) groups is 1. The van der Waals surface area contributed by atoms with Crippen LogP contribution < -0.4 is 5.32 Å². The molecule has 27 heavy (non-hydrogen) atoms. The third-order valence-corrected chi connectivity index (χ3v) is 4.60. The molecular formula is C24H19NO2. The van der Waals surface area contributed by atoms with Crippen LogP contribution in [0.2, 0.25) is 0 Å². The van der Waals surface area contributed by atoms with Gasteiger partial charge in [0.15, 0.2) is 0 Å². The van der Waals surface area contributed by atoms with E-state index in [1.807, 2.05) is 91.0 Å². The first kappa shape index (κ1) is 17.0. The van der Waals surface area contributed by atoms with Gasteiger partial charge in [0.1, 0.15) is 0 Å². The first-order chi connectivity index (χ1) is 13.2. The van der Waals surface area contributed by atoms with Crippen LogP contribution in [-0.4, -0.2) is 11.0 Å². The fourth-order valence-electron chi connectivity index (χ4n) is 3.13. The number of hydrogen-bond donors (Lipinski definition) is 2. The Balaban J connectivity index is 1.52. The summed E-state index contributed by atoms with van der Waals surface area (Å²) < 4.78 is 0. The van der Waals surface area contributed by atoms with E-state index in [9.17, 15) is 9.90 Å². The summed E-state index contributed by atoms with van der Waals surface area (Å²) in [7, 11) is 0. The highest BCUT2D eigenvalue weighted by Crippen LogP contribution is 2.23. The fourth-order valence-corrected chi connectivity index (χ4v) is 3.13. The first-order valence-electron chi connectivity index (χ1n) is 8.83. The summed E-state index contributed by atoms with van der Waals surface area (Å²) >= 11 is 0. The third-order valence-electron chi connectivity index (χ3n) is 4.60. The van der Waals surface area contributed by atoms with Gasteiger partial charge in [-0.25, -0.2) is 0 Å². The van der Waals surface area contributed by atoms with Crippen molar-refractivity contribution in [2.45, 2.75) is 6.61 Å². The summed E-state index contributed by atoms with van der Waals surface area (Å²) in [4.78, 5) is 12.6. The molecule has 0 unspecified atom stereocenters. The molecule has 0 aromatic heterocycles. The number of aliphatic hydroxyl groups is 1. The molecule has 4 rings (SSSR count). The Morgan fingerprint density at radius 2 is 1.52 bits per heavy atom. The smallest absolute Gasteiger partial charge is 0.255 e. The van der Waals surface area contributed by atoms with Gasteiger partial charge in [-0.05, 0) is 57.8 Å². The highest BCUT2D eigenvalue weighted by Gasteiger charge is 2.07. The van der Waals surface area contributed by atoms with Crippen molar-refractivity contribution in [2.75, 3.05) is 5.32 Å². The minimum atomic E-state index is -0.129. The van der Waals surface area contributed by atoms with Crippen LogP contribution in [0.1, 0.15) is 15.9 Å². The normalized spacial score (nSPS) is 10.7. The van der Waals surface area contributed by atoms with Crippen LogP contribution in [0, 0.1) is 0 Å². The Labute approximate surface area is 157 Å². The lowest BCUT2D eigenvalue weighted by Gasteiger charge is -2.08. The average Bonchev–Trinajstić information content (AvgIpc) is 2.74. The number of rotatable bonds is 4. The molecule has 0 aliphatic heterocycles. The lowest BCUT2D eigenvalue weighted by molar-refractivity contribution is 0.102. The molecule has 0 aliphatic rings. The Kier molecular flexibility index (Phi) is 4.69. The van der Waals surface area contributed by atoms with Crippen molar-refractivity contribution in [3.8, 4) is 11.1 Å². The van der Waals surface area contributed by atoms with E-state index in [0.717, 1.165) is 33.2 Å². The summed E-state index contributed by atoms with van der Waals surface area (Å²) in [6.07, 6.45) is 0. The highest BCUT2D eigenvalue weighted by atomic mass is 16.3. The minimum absolute atomic E-state index is 0.0216. The van der Waals surface area contributed by atoms with E-state index in [4.69, 9.17) is 0 Å². The van der Waals surface area contributed by atoms with Crippen molar-refractivity contribution in [3.05, 3.63) is 102 Å². The number of fused-ring (bicyclic) bond motifs is 1. The van der Waals surface area contributed by atoms with Gasteiger partial charge in [-0.2, -0.15) is 0 Å². The number of hydrogen-bond acceptors (Lipinski definition) is 2. The molecule has 3 heteroatoms. The maximum absolute atomic E-state index is 12.6. The maximum Gasteiger partial charge on any atom is 0.255 e. The molecule has 0 spiro atoms. The number of benzene rings is 4. The average molecular weight is 353 g/mol. The van der Waals surface area contributed by atoms with Crippen molar-refractivity contribution >= 4 is 22.4 Å². The van der Waals surface area contributed by atoms with Crippen LogP contribution in [0.15, 0.2) is 91.0 Å². The molecule has 0 atom stereocenters. The van der Waals surface area contributed by atoms with E-state index in [0.29, 0.717) is 5.56 Å². The van der Waals surface area contributed by atoms with E-state index in [1.165, 1.54) is 0 Å². The van der Waals surface area contributed by atoms with Gasteiger partial charge < -0.3 is 10.4 Å². The van der Waals surface area contributed by atoms with Gasteiger partial charge >= 0.3 is 0 Å². The van der Waals surface area contributed by atoms with Crippen LogP contribution in [0.5, 0.6) is 0 Å². The topological polar surface area (TPSA) is 49.3 Å². The zero-order valence-corrected chi connectivity index (χ0v) is 14.7. The summed E-state index contributed by atoms with van der Waals surface area (Å²) in [5.74, 6) is -0.129. The van der Waals surface area contributed by atoms with Crippen molar-refractivity contribution in [1.82, 2.24) is 0 Å². The van der Waals surface area contributed by atoms with Crippen LogP contribution in [-0.2, 0) is 6.61 Å². The number of amides is 1. The van der Waals surface area contributed by atoms with Gasteiger partial charge in [-0.15, -0.1) is 0 Å². The van der Waals surface area contributed by atoms with Crippen molar-refractivity contribution in [3.63, 3.8) is 0 Å². The highest BCUT2D eigenvalue weighted by molar-refractivity contribution is 6.06. The molecule has 4 aromatic carbocycles. The standard InChI is InChI=1S/C24H19NO2/c26-16-17-4-3-7-20(14-17)19-10-12-23(13-11-19)25-24(27)22-9-8-18-5-1-2-6-21(18)15-22/h1-15,26H,16H2,(H,25,27). The quantitative estimate of drug-likeness (QED) is 0.526. The van der Waals surface area contributed by atoms with E-state index in [1.54, 1.807) is 0 Å². The van der Waals surface area contributed by atoms with Gasteiger partial charge in [0, 0.05) is 11.3 Å². The molecule has 1 amide bonds. The Hall–Kier alpha value is -3.43. The Morgan fingerprint density at radius 3 is 2.30 bits per heavy atom. The molecule has 132 valence electrons. The van der Waals surface area contributed by atoms with Crippen molar-refractivity contribution < 1.29 is 9.90 Å². The van der Waals surface area contributed by atoms with Crippen LogP contribution in [0.4, 0.5) is 5.69 Å². The molecule has 0 saturated heterocycles. The summed E-state index contributed by atoms with van der Waals surface area (Å²) in [5.41, 5.74) is 4.33. The molecule has 0 fully saturated rings. The lowest BCUT2D eigenvalue weighted by Crippen LogP contribution is -2.11. The van der Waals surface area contributed by atoms with Gasteiger partial charge in [-0.1, -0.05) is 60.7 Å². The molecule has 4 aromatic rings. The largest absolute Gasteiger partial charge is 0.392 e. The first-order valence-corrected chi connectivity index (χ1v) is 8.83. The van der Waals surface area contributed by atoms with E-state index in [-0.39, 0.29) is 12.5 Å². The number of aliphatic hydroxyl groups excluding tert-OH is 1. The number of nitrogens with one attached hydrogen (secondary N) is 1. The molecule has 0 saturated carbocycles. The number of anilines is 1. The molecule has 0 aliphatic carbocycles. The summed E-state index contributed by atoms with van der Waals surface area (Å²) in [6.45, 7) is 0.0216. The van der Waals surface area contributed by atoms with Crippen LogP contribution >= 0.6 is 0 Å². The van der Waals surface area contributed by atoms with Crippen molar-refractivity contribution in [2.24, 2.45) is 0 Å². The Morgan fingerprint density at radius 1 is 0.741 bits per heavy atom. The molecule has 0 heterocycles. The summed E-state index contributed by atoms with van der Waals surface area (Å²) in [6, 6.07) is 29.2. The minimum Gasteiger partial charge on any atom is -0.392 e. The molecule has 0 radical (unpaired) electrons. The predicted molar refractivity (Wildman–Crippen MR) is 110 cm³/mol. The fraction of sp³-hybridized carbons (Fsp3) is 0.0417. The molecular weight excluding hydrogens is 334 g/mol.